The van der Waals surface area contributed by atoms with Gasteiger partial charge in [-0.1, -0.05) is 6.92 Å². The van der Waals surface area contributed by atoms with Crippen molar-refractivity contribution >= 4 is 17.7 Å². The Morgan fingerprint density at radius 3 is 2.86 bits per heavy atom. The number of nitrogens with zero attached hydrogens (tertiary/aromatic N) is 1. The predicted octanol–water partition coefficient (Wildman–Crippen LogP) is 1.29. The van der Waals surface area contributed by atoms with Crippen LogP contribution in [0.1, 0.15) is 19.8 Å². The van der Waals surface area contributed by atoms with E-state index in [2.05, 4.69) is 11.8 Å². The molecule has 4 heteroatoms. The lowest BCUT2D eigenvalue weighted by Crippen LogP contribution is -2.45. The molecule has 0 saturated carbocycles. The highest BCUT2D eigenvalue weighted by atomic mass is 32.2. The lowest BCUT2D eigenvalue weighted by Gasteiger charge is -2.30. The van der Waals surface area contributed by atoms with Crippen LogP contribution in [-0.4, -0.2) is 46.1 Å². The van der Waals surface area contributed by atoms with E-state index < -0.39 is 5.97 Å². The van der Waals surface area contributed by atoms with Crippen molar-refractivity contribution < 1.29 is 9.90 Å². The Balaban J connectivity index is 2.05. The number of carboxylic acids is 1. The molecule has 0 spiro atoms. The number of likely N-dealkylation sites (tertiary alicyclic amines) is 1. The Morgan fingerprint density at radius 2 is 2.29 bits per heavy atom. The van der Waals surface area contributed by atoms with Gasteiger partial charge in [-0.3, -0.25) is 9.69 Å². The molecular formula is C10H17NO2S. The van der Waals surface area contributed by atoms with Gasteiger partial charge in [-0.25, -0.2) is 0 Å². The standard InChI is InChI=1S/C10H17NO2S/c1-7-5-14-6-9(7)11-4-2-3-8(11)10(12)13/h7-9H,2-6H2,1H3,(H,12,13). The van der Waals surface area contributed by atoms with Crippen molar-refractivity contribution in [1.82, 2.24) is 4.90 Å². The third-order valence-corrected chi connectivity index (χ3v) is 4.67. The topological polar surface area (TPSA) is 40.5 Å². The van der Waals surface area contributed by atoms with Gasteiger partial charge in [0.1, 0.15) is 6.04 Å². The minimum atomic E-state index is -0.633. The summed E-state index contributed by atoms with van der Waals surface area (Å²) < 4.78 is 0. The van der Waals surface area contributed by atoms with E-state index in [0.29, 0.717) is 12.0 Å². The molecule has 2 fully saturated rings. The molecule has 0 aromatic rings. The first-order valence-electron chi connectivity index (χ1n) is 5.26. The molecule has 3 nitrogen and oxygen atoms in total. The first-order valence-corrected chi connectivity index (χ1v) is 6.42. The largest absolute Gasteiger partial charge is 0.480 e. The van der Waals surface area contributed by atoms with Crippen molar-refractivity contribution in [3.8, 4) is 0 Å². The van der Waals surface area contributed by atoms with Gasteiger partial charge in [0.15, 0.2) is 0 Å². The Hall–Kier alpha value is -0.220. The fourth-order valence-corrected chi connectivity index (χ4v) is 4.02. The minimum Gasteiger partial charge on any atom is -0.480 e. The van der Waals surface area contributed by atoms with E-state index in [9.17, 15) is 4.79 Å². The van der Waals surface area contributed by atoms with E-state index in [4.69, 9.17) is 5.11 Å². The first-order chi connectivity index (χ1) is 6.70. The lowest BCUT2D eigenvalue weighted by atomic mass is 10.0. The van der Waals surface area contributed by atoms with Gasteiger partial charge in [-0.15, -0.1) is 0 Å². The molecular weight excluding hydrogens is 198 g/mol. The van der Waals surface area contributed by atoms with E-state index >= 15 is 0 Å². The summed E-state index contributed by atoms with van der Waals surface area (Å²) >= 11 is 1.96. The van der Waals surface area contributed by atoms with Gasteiger partial charge in [0, 0.05) is 11.8 Å². The average Bonchev–Trinajstić information content (AvgIpc) is 2.70. The monoisotopic (exact) mass is 215 g/mol. The van der Waals surface area contributed by atoms with Crippen LogP contribution in [0.3, 0.4) is 0 Å². The molecule has 3 atom stereocenters. The molecule has 0 aliphatic carbocycles. The zero-order chi connectivity index (χ0) is 10.1. The summed E-state index contributed by atoms with van der Waals surface area (Å²) in [5.74, 6) is 2.32. The second-order valence-corrected chi connectivity index (χ2v) is 5.39. The van der Waals surface area contributed by atoms with Gasteiger partial charge in [0.2, 0.25) is 0 Å². The summed E-state index contributed by atoms with van der Waals surface area (Å²) in [5.41, 5.74) is 0. The summed E-state index contributed by atoms with van der Waals surface area (Å²) in [6, 6.07) is 0.296. The van der Waals surface area contributed by atoms with Crippen molar-refractivity contribution in [1.29, 1.82) is 0 Å². The normalized spacial score (nSPS) is 39.1. The smallest absolute Gasteiger partial charge is 0.320 e. The first kappa shape index (κ1) is 10.3. The molecule has 2 heterocycles. The highest BCUT2D eigenvalue weighted by Gasteiger charge is 2.39. The maximum absolute atomic E-state index is 11.0. The van der Waals surface area contributed by atoms with Crippen molar-refractivity contribution in [3.63, 3.8) is 0 Å². The fourth-order valence-electron chi connectivity index (χ4n) is 2.52. The van der Waals surface area contributed by atoms with Gasteiger partial charge in [0.05, 0.1) is 0 Å². The van der Waals surface area contributed by atoms with E-state index in [1.165, 1.54) is 5.75 Å². The van der Waals surface area contributed by atoms with E-state index in [-0.39, 0.29) is 6.04 Å². The predicted molar refractivity (Wildman–Crippen MR) is 57.6 cm³/mol. The van der Waals surface area contributed by atoms with Gasteiger partial charge < -0.3 is 5.11 Å². The van der Waals surface area contributed by atoms with Crippen LogP contribution < -0.4 is 0 Å². The Morgan fingerprint density at radius 1 is 1.50 bits per heavy atom. The molecule has 2 aliphatic heterocycles. The summed E-state index contributed by atoms with van der Waals surface area (Å²) in [6.07, 6.45) is 1.88. The SMILES string of the molecule is CC1CSCC1N1CCCC1C(=O)O. The average molecular weight is 215 g/mol. The van der Waals surface area contributed by atoms with Crippen LogP contribution in [-0.2, 0) is 4.79 Å². The molecule has 0 amide bonds. The molecule has 80 valence electrons. The number of rotatable bonds is 2. The molecule has 1 N–H and O–H groups in total. The zero-order valence-corrected chi connectivity index (χ0v) is 9.30. The van der Waals surface area contributed by atoms with E-state index in [0.717, 1.165) is 25.1 Å². The van der Waals surface area contributed by atoms with Gasteiger partial charge in [-0.05, 0) is 31.1 Å². The highest BCUT2D eigenvalue weighted by Crippen LogP contribution is 2.32. The molecule has 2 saturated heterocycles. The molecule has 2 aliphatic rings. The second-order valence-electron chi connectivity index (χ2n) is 4.32. The van der Waals surface area contributed by atoms with Crippen molar-refractivity contribution in [3.05, 3.63) is 0 Å². The number of carbonyl (C=O) groups is 1. The fraction of sp³-hybridized carbons (Fsp3) is 0.900. The summed E-state index contributed by atoms with van der Waals surface area (Å²) in [5, 5.41) is 9.08. The zero-order valence-electron chi connectivity index (χ0n) is 8.48. The van der Waals surface area contributed by atoms with E-state index in [1.807, 2.05) is 11.8 Å². The van der Waals surface area contributed by atoms with Crippen molar-refractivity contribution in [2.75, 3.05) is 18.1 Å². The van der Waals surface area contributed by atoms with E-state index in [1.54, 1.807) is 0 Å². The van der Waals surface area contributed by atoms with Crippen molar-refractivity contribution in [2.45, 2.75) is 31.8 Å². The van der Waals surface area contributed by atoms with Crippen LogP contribution in [0.2, 0.25) is 0 Å². The molecule has 0 bridgehead atoms. The molecule has 3 unspecified atom stereocenters. The number of hydrogen-bond donors (Lipinski definition) is 1. The van der Waals surface area contributed by atoms with Gasteiger partial charge in [0.25, 0.3) is 0 Å². The lowest BCUT2D eigenvalue weighted by molar-refractivity contribution is -0.143. The van der Waals surface area contributed by atoms with Crippen LogP contribution in [0.4, 0.5) is 0 Å². The molecule has 2 rings (SSSR count). The molecule has 14 heavy (non-hydrogen) atoms. The van der Waals surface area contributed by atoms with Crippen LogP contribution >= 0.6 is 11.8 Å². The summed E-state index contributed by atoms with van der Waals surface area (Å²) in [6.45, 7) is 3.22. The number of thioether (sulfide) groups is 1. The number of aliphatic carboxylic acids is 1. The number of hydrogen-bond acceptors (Lipinski definition) is 3. The maximum atomic E-state index is 11.0. The maximum Gasteiger partial charge on any atom is 0.320 e. The van der Waals surface area contributed by atoms with Crippen LogP contribution in [0, 0.1) is 5.92 Å². The Bertz CT molecular complexity index is 234. The Labute approximate surface area is 88.9 Å². The summed E-state index contributed by atoms with van der Waals surface area (Å²) in [7, 11) is 0. The highest BCUT2D eigenvalue weighted by molar-refractivity contribution is 7.99. The van der Waals surface area contributed by atoms with Crippen molar-refractivity contribution in [2.24, 2.45) is 5.92 Å². The molecule has 0 radical (unpaired) electrons. The molecule has 0 aromatic carbocycles. The summed E-state index contributed by atoms with van der Waals surface area (Å²) in [4.78, 5) is 13.2. The quantitative estimate of drug-likeness (QED) is 0.753. The Kier molecular flexibility index (Phi) is 3.02. The van der Waals surface area contributed by atoms with Gasteiger partial charge >= 0.3 is 5.97 Å². The minimum absolute atomic E-state index is 0.207. The molecule has 0 aromatic heterocycles. The van der Waals surface area contributed by atoms with Gasteiger partial charge in [-0.2, -0.15) is 11.8 Å². The van der Waals surface area contributed by atoms with Crippen LogP contribution in [0.5, 0.6) is 0 Å². The van der Waals surface area contributed by atoms with Crippen LogP contribution in [0.15, 0.2) is 0 Å². The van der Waals surface area contributed by atoms with Crippen LogP contribution in [0.25, 0.3) is 0 Å². The third-order valence-electron chi connectivity index (χ3n) is 3.33. The number of carboxylic acid groups (broad SMARTS) is 1. The second kappa shape index (κ2) is 4.11. The third kappa shape index (κ3) is 1.77.